The molecule has 3 aliphatic heterocycles. The third-order valence-electron chi connectivity index (χ3n) is 7.95. The summed E-state index contributed by atoms with van der Waals surface area (Å²) in [4.78, 5) is 54.7. The highest BCUT2D eigenvalue weighted by Gasteiger charge is 2.46. The van der Waals surface area contributed by atoms with Crippen LogP contribution >= 0.6 is 0 Å². The lowest BCUT2D eigenvalue weighted by Gasteiger charge is -2.34. The summed E-state index contributed by atoms with van der Waals surface area (Å²) in [6.07, 6.45) is 4.17. The Morgan fingerprint density at radius 3 is 2.49 bits per heavy atom. The minimum Gasteiger partial charge on any atom is -0.480 e. The molecular weight excluding hydrogens is 500 g/mol. The summed E-state index contributed by atoms with van der Waals surface area (Å²) in [6.45, 7) is 10.6. The van der Waals surface area contributed by atoms with Gasteiger partial charge in [-0.05, 0) is 34.9 Å². The second-order valence-corrected chi connectivity index (χ2v) is 12.8. The molecule has 0 spiro atoms. The van der Waals surface area contributed by atoms with E-state index in [1.807, 2.05) is 46.8 Å². The van der Waals surface area contributed by atoms with E-state index in [-0.39, 0.29) is 31.4 Å². The molecule has 9 nitrogen and oxygen atoms in total. The molecule has 3 heterocycles. The van der Waals surface area contributed by atoms with Gasteiger partial charge in [0.15, 0.2) is 0 Å². The van der Waals surface area contributed by atoms with Crippen molar-refractivity contribution in [2.75, 3.05) is 13.2 Å². The zero-order chi connectivity index (χ0) is 28.5. The maximum absolute atomic E-state index is 13.7. The number of carbonyl (C=O) groups excluding carboxylic acids is 3. The van der Waals surface area contributed by atoms with E-state index in [0.717, 1.165) is 23.1 Å². The molecule has 3 atom stereocenters. The van der Waals surface area contributed by atoms with Gasteiger partial charge < -0.3 is 19.5 Å². The number of carboxylic acids is 1. The van der Waals surface area contributed by atoms with Crippen LogP contribution in [0.25, 0.3) is 0 Å². The van der Waals surface area contributed by atoms with Crippen LogP contribution in [0.5, 0.6) is 0 Å². The van der Waals surface area contributed by atoms with Crippen LogP contribution in [0, 0.1) is 16.7 Å². The number of amides is 2. The van der Waals surface area contributed by atoms with Gasteiger partial charge in [-0.1, -0.05) is 65.0 Å². The summed E-state index contributed by atoms with van der Waals surface area (Å²) in [5.41, 5.74) is 2.37. The Bertz CT molecular complexity index is 1170. The van der Waals surface area contributed by atoms with Gasteiger partial charge in [-0.2, -0.15) is 0 Å². The SMILES string of the molecule is CC1(C)CC=CCc2cccc3c2CN(C3)C(=O)O[C@@H]2C[C@@H](C(=O)O)N(C2)C(=O)[C@H](C(C)(C)C)CC(=O)OC1. The monoisotopic (exact) mass is 540 g/mol. The average Bonchev–Trinajstić information content (AvgIpc) is 3.47. The summed E-state index contributed by atoms with van der Waals surface area (Å²) in [6, 6.07) is 4.91. The Kier molecular flexibility index (Phi) is 8.09. The molecule has 39 heavy (non-hydrogen) atoms. The number of carbonyl (C=O) groups is 4. The summed E-state index contributed by atoms with van der Waals surface area (Å²) >= 11 is 0. The lowest BCUT2D eigenvalue weighted by molar-refractivity contribution is -0.156. The molecule has 1 fully saturated rings. The van der Waals surface area contributed by atoms with Crippen molar-refractivity contribution in [1.82, 2.24) is 9.80 Å². The Morgan fingerprint density at radius 1 is 1.08 bits per heavy atom. The van der Waals surface area contributed by atoms with Gasteiger partial charge in [-0.15, -0.1) is 0 Å². The third-order valence-corrected chi connectivity index (χ3v) is 7.95. The molecule has 1 aromatic rings. The van der Waals surface area contributed by atoms with E-state index in [1.54, 1.807) is 4.90 Å². The first-order valence-corrected chi connectivity index (χ1v) is 13.6. The molecule has 1 saturated heterocycles. The van der Waals surface area contributed by atoms with Gasteiger partial charge in [-0.3, -0.25) is 14.5 Å². The average molecular weight is 541 g/mol. The van der Waals surface area contributed by atoms with Crippen LogP contribution < -0.4 is 0 Å². The van der Waals surface area contributed by atoms with Gasteiger partial charge >= 0.3 is 18.0 Å². The number of hydrogen-bond acceptors (Lipinski definition) is 6. The number of carboxylic acid groups (broad SMARTS) is 1. The summed E-state index contributed by atoms with van der Waals surface area (Å²) in [5, 5.41) is 9.90. The molecule has 0 aliphatic carbocycles. The predicted octanol–water partition coefficient (Wildman–Crippen LogP) is 4.32. The number of benzene rings is 1. The van der Waals surface area contributed by atoms with Crippen LogP contribution in [0.1, 0.15) is 70.6 Å². The molecule has 212 valence electrons. The Labute approximate surface area is 230 Å². The standard InChI is InChI=1S/C30H40N2O7/c1-29(2,3)23-14-25(33)38-18-30(4,5)12-7-6-9-19-10-8-11-20-15-31(17-22(19)20)28(37)39-21-13-24(27(35)36)32(16-21)26(23)34/h6-8,10-11,21,23-24H,9,12-18H2,1-5H3,(H,35,36)/t21-,23-,24+/m1/s1. The maximum atomic E-state index is 13.7. The van der Waals surface area contributed by atoms with Gasteiger partial charge in [0.2, 0.25) is 5.91 Å². The van der Waals surface area contributed by atoms with Gasteiger partial charge in [0.05, 0.1) is 25.5 Å². The van der Waals surface area contributed by atoms with Crippen LogP contribution in [0.2, 0.25) is 0 Å². The summed E-state index contributed by atoms with van der Waals surface area (Å²) < 4.78 is 11.4. The lowest BCUT2D eigenvalue weighted by Crippen LogP contribution is -2.47. The molecule has 4 bridgehead atoms. The highest BCUT2D eigenvalue weighted by molar-refractivity contribution is 5.89. The predicted molar refractivity (Wildman–Crippen MR) is 143 cm³/mol. The van der Waals surface area contributed by atoms with Gasteiger partial charge in [-0.25, -0.2) is 9.59 Å². The Balaban J connectivity index is 1.63. The van der Waals surface area contributed by atoms with Crippen molar-refractivity contribution in [2.45, 2.75) is 85.5 Å². The number of rotatable bonds is 1. The van der Waals surface area contributed by atoms with Gasteiger partial charge in [0.25, 0.3) is 0 Å². The molecule has 4 rings (SSSR count). The number of allylic oxidation sites excluding steroid dienone is 2. The van der Waals surface area contributed by atoms with Crippen molar-refractivity contribution in [1.29, 1.82) is 0 Å². The largest absolute Gasteiger partial charge is 0.480 e. The third kappa shape index (κ3) is 6.62. The first kappa shape index (κ1) is 28.6. The van der Waals surface area contributed by atoms with Crippen molar-refractivity contribution in [3.05, 3.63) is 47.0 Å². The minimum atomic E-state index is -1.16. The van der Waals surface area contributed by atoms with Gasteiger partial charge in [0, 0.05) is 24.9 Å². The molecule has 0 aromatic heterocycles. The van der Waals surface area contributed by atoms with Crippen molar-refractivity contribution in [3.63, 3.8) is 0 Å². The van der Waals surface area contributed by atoms with E-state index in [0.29, 0.717) is 19.5 Å². The fourth-order valence-electron chi connectivity index (χ4n) is 5.53. The quantitative estimate of drug-likeness (QED) is 0.417. The molecule has 9 heteroatoms. The normalized spacial score (nSPS) is 26.3. The van der Waals surface area contributed by atoms with Crippen molar-refractivity contribution < 1.29 is 33.8 Å². The topological polar surface area (TPSA) is 113 Å². The number of fused-ring (bicyclic) bond motifs is 3. The molecule has 3 aliphatic rings. The number of nitrogens with zero attached hydrogens (tertiary/aromatic N) is 2. The van der Waals surface area contributed by atoms with E-state index in [1.165, 1.54) is 4.90 Å². The maximum Gasteiger partial charge on any atom is 0.410 e. The molecule has 0 saturated carbocycles. The van der Waals surface area contributed by atoms with Crippen LogP contribution in [0.4, 0.5) is 4.79 Å². The second kappa shape index (κ2) is 11.0. The molecule has 1 aromatic carbocycles. The molecule has 1 N–H and O–H groups in total. The van der Waals surface area contributed by atoms with Crippen LogP contribution in [-0.2, 0) is 43.4 Å². The molecule has 0 unspecified atom stereocenters. The molecule has 2 amide bonds. The van der Waals surface area contributed by atoms with Crippen LogP contribution in [0.15, 0.2) is 30.4 Å². The smallest absolute Gasteiger partial charge is 0.410 e. The Morgan fingerprint density at radius 2 is 1.79 bits per heavy atom. The van der Waals surface area contributed by atoms with Crippen molar-refractivity contribution in [3.8, 4) is 0 Å². The van der Waals surface area contributed by atoms with Crippen LogP contribution in [0.3, 0.4) is 0 Å². The molecular formula is C30H40N2O7. The lowest BCUT2D eigenvalue weighted by atomic mass is 9.77. The van der Waals surface area contributed by atoms with E-state index >= 15 is 0 Å². The molecule has 0 radical (unpaired) electrons. The summed E-state index contributed by atoms with van der Waals surface area (Å²) in [5.74, 6) is -2.89. The Hall–Kier alpha value is -3.36. The number of ether oxygens (including phenoxy) is 2. The zero-order valence-corrected chi connectivity index (χ0v) is 23.6. The van der Waals surface area contributed by atoms with Crippen LogP contribution in [-0.4, -0.2) is 64.1 Å². The number of cyclic esters (lactones) is 1. The number of aliphatic carboxylic acids is 1. The van der Waals surface area contributed by atoms with E-state index < -0.39 is 47.4 Å². The van der Waals surface area contributed by atoms with E-state index in [4.69, 9.17) is 9.47 Å². The van der Waals surface area contributed by atoms with Crippen molar-refractivity contribution in [2.24, 2.45) is 16.7 Å². The first-order chi connectivity index (χ1) is 18.2. The fraction of sp³-hybridized carbons (Fsp3) is 0.600. The van der Waals surface area contributed by atoms with E-state index in [2.05, 4.69) is 18.2 Å². The van der Waals surface area contributed by atoms with Crippen molar-refractivity contribution >= 4 is 23.9 Å². The second-order valence-electron chi connectivity index (χ2n) is 12.8. The number of hydrogen-bond donors (Lipinski definition) is 1. The zero-order valence-electron chi connectivity index (χ0n) is 23.6. The van der Waals surface area contributed by atoms with E-state index in [9.17, 15) is 24.3 Å². The highest BCUT2D eigenvalue weighted by Crippen LogP contribution is 2.35. The van der Waals surface area contributed by atoms with Gasteiger partial charge in [0.1, 0.15) is 12.1 Å². The fourth-order valence-corrected chi connectivity index (χ4v) is 5.53. The summed E-state index contributed by atoms with van der Waals surface area (Å²) in [7, 11) is 0. The highest BCUT2D eigenvalue weighted by atomic mass is 16.6. The minimum absolute atomic E-state index is 0.000848. The number of esters is 1. The first-order valence-electron chi connectivity index (χ1n) is 13.6.